The van der Waals surface area contributed by atoms with Crippen molar-refractivity contribution in [2.75, 3.05) is 17.0 Å². The van der Waals surface area contributed by atoms with E-state index < -0.39 is 10.0 Å². The Balaban J connectivity index is 1.94. The average molecular weight is 275 g/mol. The molecule has 1 saturated heterocycles. The third kappa shape index (κ3) is 3.93. The van der Waals surface area contributed by atoms with E-state index in [1.807, 2.05) is 12.3 Å². The lowest BCUT2D eigenvalue weighted by Crippen LogP contribution is -2.40. The van der Waals surface area contributed by atoms with E-state index in [9.17, 15) is 8.42 Å². The molecule has 1 aliphatic rings. The first-order valence-electron chi connectivity index (χ1n) is 5.71. The van der Waals surface area contributed by atoms with Crippen LogP contribution in [0.1, 0.15) is 25.0 Å². The third-order valence-corrected chi connectivity index (χ3v) is 5.05. The fraction of sp³-hybridized carbons (Fsp3) is 0.700. The molecule has 1 aliphatic heterocycles. The second kappa shape index (κ2) is 5.32. The number of hydrogen-bond acceptors (Lipinski definition) is 5. The number of nitrogens with zero attached hydrogens (tertiary/aromatic N) is 1. The molecule has 0 bridgehead atoms. The van der Waals surface area contributed by atoms with Crippen LogP contribution >= 0.6 is 11.3 Å². The van der Waals surface area contributed by atoms with Crippen molar-refractivity contribution in [2.24, 2.45) is 0 Å². The molecule has 1 fully saturated rings. The van der Waals surface area contributed by atoms with Crippen LogP contribution in [-0.4, -0.2) is 31.7 Å². The second-order valence-corrected chi connectivity index (χ2v) is 6.95. The maximum atomic E-state index is 11.9. The van der Waals surface area contributed by atoms with Crippen molar-refractivity contribution in [1.82, 2.24) is 10.3 Å². The molecule has 0 aliphatic carbocycles. The minimum absolute atomic E-state index is 0.0716. The van der Waals surface area contributed by atoms with Crippen LogP contribution in [0, 0.1) is 6.92 Å². The highest BCUT2D eigenvalue weighted by atomic mass is 32.2. The monoisotopic (exact) mass is 275 g/mol. The summed E-state index contributed by atoms with van der Waals surface area (Å²) in [4.78, 5) is 4.10. The number of nitrogens with one attached hydrogen (secondary N) is 2. The lowest BCUT2D eigenvalue weighted by Gasteiger charge is -2.23. The van der Waals surface area contributed by atoms with Crippen molar-refractivity contribution >= 4 is 26.5 Å². The van der Waals surface area contributed by atoms with Crippen molar-refractivity contribution < 1.29 is 8.42 Å². The van der Waals surface area contributed by atoms with E-state index in [2.05, 4.69) is 15.0 Å². The highest BCUT2D eigenvalue weighted by Gasteiger charge is 2.21. The summed E-state index contributed by atoms with van der Waals surface area (Å²) in [6.45, 7) is 2.76. The predicted octanol–water partition coefficient (Wildman–Crippen LogP) is 1.34. The summed E-state index contributed by atoms with van der Waals surface area (Å²) >= 11 is 1.32. The Morgan fingerprint density at radius 2 is 2.41 bits per heavy atom. The summed E-state index contributed by atoms with van der Waals surface area (Å²) in [5.74, 6) is 0.131. The van der Waals surface area contributed by atoms with Crippen LogP contribution < -0.4 is 10.0 Å². The van der Waals surface area contributed by atoms with Crippen LogP contribution in [0.25, 0.3) is 0 Å². The van der Waals surface area contributed by atoms with Gasteiger partial charge in [-0.1, -0.05) is 6.42 Å². The molecule has 1 unspecified atom stereocenters. The molecular formula is C10H17N3O2S2. The van der Waals surface area contributed by atoms with E-state index in [4.69, 9.17) is 0 Å². The van der Waals surface area contributed by atoms with Gasteiger partial charge in [-0.15, -0.1) is 11.3 Å². The van der Waals surface area contributed by atoms with Gasteiger partial charge in [0.05, 0.1) is 11.4 Å². The number of anilines is 1. The molecule has 0 radical (unpaired) electrons. The van der Waals surface area contributed by atoms with E-state index in [0.29, 0.717) is 5.13 Å². The van der Waals surface area contributed by atoms with Crippen molar-refractivity contribution in [3.05, 3.63) is 11.1 Å². The number of hydrogen-bond donors (Lipinski definition) is 2. The molecule has 1 atom stereocenters. The molecule has 96 valence electrons. The van der Waals surface area contributed by atoms with E-state index in [1.165, 1.54) is 11.3 Å². The van der Waals surface area contributed by atoms with Gasteiger partial charge in [-0.05, 0) is 26.3 Å². The highest BCUT2D eigenvalue weighted by Crippen LogP contribution is 2.17. The molecule has 5 nitrogen and oxygen atoms in total. The zero-order valence-electron chi connectivity index (χ0n) is 9.77. The van der Waals surface area contributed by atoms with Crippen molar-refractivity contribution in [1.29, 1.82) is 0 Å². The number of piperidine rings is 1. The molecule has 0 aromatic carbocycles. The molecule has 0 saturated carbocycles. The Kier molecular flexibility index (Phi) is 4.01. The van der Waals surface area contributed by atoms with Gasteiger partial charge >= 0.3 is 0 Å². The second-order valence-electron chi connectivity index (χ2n) is 4.32. The molecular weight excluding hydrogens is 258 g/mol. The minimum Gasteiger partial charge on any atom is -0.313 e. The highest BCUT2D eigenvalue weighted by molar-refractivity contribution is 7.92. The largest absolute Gasteiger partial charge is 0.313 e. The SMILES string of the molecule is Cc1csc(NS(=O)(=O)CC2CCCCN2)n1. The Labute approximate surface area is 106 Å². The number of rotatable bonds is 4. The Morgan fingerprint density at radius 1 is 1.59 bits per heavy atom. The summed E-state index contributed by atoms with van der Waals surface area (Å²) in [6.07, 6.45) is 3.16. The predicted molar refractivity (Wildman–Crippen MR) is 69.9 cm³/mol. The van der Waals surface area contributed by atoms with E-state index in [0.717, 1.165) is 31.5 Å². The Bertz CT molecular complexity index is 464. The Hall–Kier alpha value is -0.660. The van der Waals surface area contributed by atoms with Gasteiger partial charge < -0.3 is 5.32 Å². The number of thiazole rings is 1. The molecule has 0 amide bonds. The third-order valence-electron chi connectivity index (χ3n) is 2.69. The van der Waals surface area contributed by atoms with E-state index in [1.54, 1.807) is 0 Å². The number of aryl methyl sites for hydroxylation is 1. The van der Waals surface area contributed by atoms with Gasteiger partial charge in [0.1, 0.15) is 0 Å². The lowest BCUT2D eigenvalue weighted by molar-refractivity contribution is 0.424. The van der Waals surface area contributed by atoms with Gasteiger partial charge in [-0.2, -0.15) is 0 Å². The van der Waals surface area contributed by atoms with Crippen LogP contribution in [0.5, 0.6) is 0 Å². The smallest absolute Gasteiger partial charge is 0.236 e. The summed E-state index contributed by atoms with van der Waals surface area (Å²) in [6, 6.07) is 0.0716. The maximum Gasteiger partial charge on any atom is 0.236 e. The first-order chi connectivity index (χ1) is 8.05. The molecule has 0 spiro atoms. The molecule has 1 aromatic rings. The summed E-state index contributed by atoms with van der Waals surface area (Å²) < 4.78 is 26.3. The Morgan fingerprint density at radius 3 is 3.00 bits per heavy atom. The number of sulfonamides is 1. The fourth-order valence-electron chi connectivity index (χ4n) is 1.91. The van der Waals surface area contributed by atoms with Crippen molar-refractivity contribution in [2.45, 2.75) is 32.2 Å². The van der Waals surface area contributed by atoms with Crippen LogP contribution in [-0.2, 0) is 10.0 Å². The van der Waals surface area contributed by atoms with Crippen LogP contribution in [0.4, 0.5) is 5.13 Å². The van der Waals surface area contributed by atoms with Gasteiger partial charge in [-0.25, -0.2) is 13.4 Å². The lowest BCUT2D eigenvalue weighted by atomic mass is 10.1. The number of aromatic nitrogens is 1. The van der Waals surface area contributed by atoms with Crippen LogP contribution in [0.2, 0.25) is 0 Å². The van der Waals surface area contributed by atoms with E-state index in [-0.39, 0.29) is 11.8 Å². The molecule has 2 rings (SSSR count). The normalized spacial score (nSPS) is 21.4. The van der Waals surface area contributed by atoms with Gasteiger partial charge in [-0.3, -0.25) is 4.72 Å². The van der Waals surface area contributed by atoms with Gasteiger partial charge in [0.25, 0.3) is 0 Å². The van der Waals surface area contributed by atoms with Crippen molar-refractivity contribution in [3.63, 3.8) is 0 Å². The maximum absolute atomic E-state index is 11.9. The first kappa shape index (κ1) is 12.8. The average Bonchev–Trinajstić information content (AvgIpc) is 2.63. The summed E-state index contributed by atoms with van der Waals surface area (Å²) in [5.41, 5.74) is 0.837. The quantitative estimate of drug-likeness (QED) is 0.870. The molecule has 7 heteroatoms. The standard InChI is InChI=1S/C10H17N3O2S2/c1-8-6-16-10(12-8)13-17(14,15)7-9-4-2-3-5-11-9/h6,9,11H,2-5,7H2,1H3,(H,12,13). The summed E-state index contributed by atoms with van der Waals surface area (Å²) in [7, 11) is -3.29. The van der Waals surface area contributed by atoms with Gasteiger partial charge in [0.15, 0.2) is 5.13 Å². The topological polar surface area (TPSA) is 71.1 Å². The fourth-order valence-corrected chi connectivity index (χ4v) is 4.22. The van der Waals surface area contributed by atoms with Crippen LogP contribution in [0.3, 0.4) is 0 Å². The van der Waals surface area contributed by atoms with Crippen LogP contribution in [0.15, 0.2) is 5.38 Å². The first-order valence-corrected chi connectivity index (χ1v) is 8.24. The molecule has 2 N–H and O–H groups in total. The molecule has 1 aromatic heterocycles. The van der Waals surface area contributed by atoms with Gasteiger partial charge in [0, 0.05) is 11.4 Å². The van der Waals surface area contributed by atoms with Gasteiger partial charge in [0.2, 0.25) is 10.0 Å². The summed E-state index contributed by atoms with van der Waals surface area (Å²) in [5, 5.41) is 5.52. The van der Waals surface area contributed by atoms with Crippen molar-refractivity contribution in [3.8, 4) is 0 Å². The zero-order valence-corrected chi connectivity index (χ0v) is 11.4. The molecule has 2 heterocycles. The minimum atomic E-state index is -3.29. The molecule has 17 heavy (non-hydrogen) atoms. The van der Waals surface area contributed by atoms with E-state index >= 15 is 0 Å². The zero-order chi connectivity index (χ0) is 12.3.